The Morgan fingerprint density at radius 2 is 1.77 bits per heavy atom. The van der Waals surface area contributed by atoms with Gasteiger partial charge in [0.1, 0.15) is 12.1 Å². The summed E-state index contributed by atoms with van der Waals surface area (Å²) in [6.07, 6.45) is 4.51. The van der Waals surface area contributed by atoms with Gasteiger partial charge in [-0.2, -0.15) is 0 Å². The second-order valence-electron chi connectivity index (χ2n) is 8.27. The smallest absolute Gasteiger partial charge is 0.324 e. The molecule has 31 heavy (non-hydrogen) atoms. The van der Waals surface area contributed by atoms with Crippen molar-refractivity contribution in [3.63, 3.8) is 0 Å². The van der Waals surface area contributed by atoms with E-state index >= 15 is 0 Å². The van der Waals surface area contributed by atoms with Gasteiger partial charge in [-0.3, -0.25) is 19.2 Å². The van der Waals surface area contributed by atoms with Crippen molar-refractivity contribution in [2.24, 2.45) is 0 Å². The van der Waals surface area contributed by atoms with Crippen molar-refractivity contribution in [1.82, 2.24) is 9.80 Å². The van der Waals surface area contributed by atoms with Gasteiger partial charge in [0.05, 0.1) is 11.4 Å². The van der Waals surface area contributed by atoms with Crippen molar-refractivity contribution >= 4 is 39.2 Å². The maximum atomic E-state index is 13.0. The third-order valence-electron chi connectivity index (χ3n) is 6.13. The molecule has 2 aliphatic rings. The van der Waals surface area contributed by atoms with Crippen LogP contribution in [0.5, 0.6) is 0 Å². The summed E-state index contributed by atoms with van der Waals surface area (Å²) in [5, 5.41) is 2.70. The Morgan fingerprint density at radius 1 is 1.13 bits per heavy atom. The molecule has 0 aromatic heterocycles. The first kappa shape index (κ1) is 23.1. The normalized spacial score (nSPS) is 18.5. The van der Waals surface area contributed by atoms with E-state index in [1.54, 1.807) is 39.1 Å². The number of anilines is 2. The first-order valence-electron chi connectivity index (χ1n) is 10.6. The Labute approximate surface area is 183 Å². The van der Waals surface area contributed by atoms with E-state index in [1.807, 2.05) is 0 Å². The van der Waals surface area contributed by atoms with Crippen molar-refractivity contribution in [3.8, 4) is 0 Å². The molecule has 1 spiro atoms. The third kappa shape index (κ3) is 4.53. The van der Waals surface area contributed by atoms with Crippen LogP contribution in [0.2, 0.25) is 0 Å². The van der Waals surface area contributed by atoms with Gasteiger partial charge in [0.2, 0.25) is 15.9 Å². The van der Waals surface area contributed by atoms with Gasteiger partial charge in [0.25, 0.3) is 5.91 Å². The number of sulfonamides is 1. The minimum atomic E-state index is -3.47. The second-order valence-corrected chi connectivity index (χ2v) is 10.1. The molecule has 1 saturated heterocycles. The number of urea groups is 1. The van der Waals surface area contributed by atoms with Crippen LogP contribution < -0.4 is 10.0 Å². The molecule has 1 saturated carbocycles. The average molecular weight is 451 g/mol. The highest BCUT2D eigenvalue weighted by Gasteiger charge is 2.55. The van der Waals surface area contributed by atoms with E-state index < -0.39 is 27.5 Å². The minimum absolute atomic E-state index is 0.00250. The van der Waals surface area contributed by atoms with E-state index in [-0.39, 0.29) is 18.2 Å². The Morgan fingerprint density at radius 3 is 2.42 bits per heavy atom. The van der Waals surface area contributed by atoms with Crippen LogP contribution in [0.1, 0.15) is 51.0 Å². The zero-order valence-corrected chi connectivity index (χ0v) is 19.0. The summed E-state index contributed by atoms with van der Waals surface area (Å²) in [6, 6.07) is 4.43. The zero-order chi connectivity index (χ0) is 22.8. The van der Waals surface area contributed by atoms with E-state index in [9.17, 15) is 22.8 Å². The number of benzene rings is 1. The number of carbonyl (C=O) groups excluding carboxylic acids is 3. The first-order chi connectivity index (χ1) is 14.6. The van der Waals surface area contributed by atoms with Crippen LogP contribution >= 0.6 is 0 Å². The van der Waals surface area contributed by atoms with Crippen molar-refractivity contribution in [1.29, 1.82) is 0 Å². The topological polar surface area (TPSA) is 116 Å². The fraction of sp³-hybridized carbons (Fsp3) is 0.571. The molecule has 1 aromatic carbocycles. The van der Waals surface area contributed by atoms with Crippen molar-refractivity contribution in [2.45, 2.75) is 57.9 Å². The van der Waals surface area contributed by atoms with E-state index in [2.05, 4.69) is 10.0 Å². The third-order valence-corrected chi connectivity index (χ3v) is 7.61. The molecule has 4 amide bonds. The van der Waals surface area contributed by atoms with E-state index in [1.165, 1.54) is 4.90 Å². The van der Waals surface area contributed by atoms with Gasteiger partial charge < -0.3 is 10.2 Å². The molecule has 0 radical (unpaired) electrons. The van der Waals surface area contributed by atoms with Gasteiger partial charge in [0.15, 0.2) is 0 Å². The number of rotatable bonds is 7. The SMILES string of the molecule is CCCS(=O)(=O)Nc1cccc(NC(=O)CN2C(=O)N(C)C3(CCCCC3)C2=O)c1C. The summed E-state index contributed by atoms with van der Waals surface area (Å²) < 4.78 is 26.7. The fourth-order valence-corrected chi connectivity index (χ4v) is 5.57. The Hall–Kier alpha value is -2.62. The van der Waals surface area contributed by atoms with Crippen LogP contribution in [0.4, 0.5) is 16.2 Å². The van der Waals surface area contributed by atoms with Gasteiger partial charge in [-0.1, -0.05) is 32.3 Å². The highest BCUT2D eigenvalue weighted by molar-refractivity contribution is 7.92. The number of amides is 4. The molecule has 170 valence electrons. The molecule has 1 aromatic rings. The lowest BCUT2D eigenvalue weighted by atomic mass is 9.81. The van der Waals surface area contributed by atoms with Crippen LogP contribution in [-0.2, 0) is 19.6 Å². The minimum Gasteiger partial charge on any atom is -0.324 e. The predicted octanol–water partition coefficient (Wildman–Crippen LogP) is 2.68. The lowest BCUT2D eigenvalue weighted by molar-refractivity contribution is -0.136. The second kappa shape index (κ2) is 8.86. The van der Waals surface area contributed by atoms with Crippen molar-refractivity contribution in [2.75, 3.05) is 29.4 Å². The van der Waals surface area contributed by atoms with Gasteiger partial charge in [-0.15, -0.1) is 0 Å². The number of likely N-dealkylation sites (N-methyl/N-ethyl adjacent to an activating group) is 1. The standard InChI is InChI=1S/C21H30N4O5S/c1-4-13-31(29,30)23-17-10-8-9-16(15(17)2)22-18(26)14-25-19(27)21(24(3)20(25)28)11-6-5-7-12-21/h8-10,23H,4-7,11-14H2,1-3H3,(H,22,26). The van der Waals surface area contributed by atoms with E-state index in [0.29, 0.717) is 36.2 Å². The summed E-state index contributed by atoms with van der Waals surface area (Å²) in [7, 11) is -1.85. The van der Waals surface area contributed by atoms with Gasteiger partial charge in [-0.05, 0) is 43.9 Å². The molecule has 1 aliphatic heterocycles. The summed E-state index contributed by atoms with van der Waals surface area (Å²) in [6.45, 7) is 3.09. The summed E-state index contributed by atoms with van der Waals surface area (Å²) in [5.74, 6) is -0.829. The monoisotopic (exact) mass is 450 g/mol. The van der Waals surface area contributed by atoms with Gasteiger partial charge in [0, 0.05) is 12.7 Å². The molecule has 0 atom stereocenters. The quantitative estimate of drug-likeness (QED) is 0.620. The molecule has 2 N–H and O–H groups in total. The molecule has 0 unspecified atom stereocenters. The molecule has 0 bridgehead atoms. The van der Waals surface area contributed by atoms with Gasteiger partial charge in [-0.25, -0.2) is 13.2 Å². The molecule has 10 heteroatoms. The lowest BCUT2D eigenvalue weighted by Crippen LogP contribution is -2.49. The van der Waals surface area contributed by atoms with Crippen LogP contribution in [0.25, 0.3) is 0 Å². The molecule has 1 heterocycles. The Kier molecular flexibility index (Phi) is 6.59. The molecule has 3 rings (SSSR count). The highest BCUT2D eigenvalue weighted by Crippen LogP contribution is 2.39. The molecule has 2 fully saturated rings. The summed E-state index contributed by atoms with van der Waals surface area (Å²) >= 11 is 0. The number of hydrogen-bond donors (Lipinski definition) is 2. The maximum Gasteiger partial charge on any atom is 0.327 e. The number of imide groups is 1. The fourth-order valence-electron chi connectivity index (χ4n) is 4.37. The average Bonchev–Trinajstić information content (AvgIpc) is 2.88. The van der Waals surface area contributed by atoms with Crippen LogP contribution in [0.3, 0.4) is 0 Å². The zero-order valence-electron chi connectivity index (χ0n) is 18.2. The number of nitrogens with zero attached hydrogens (tertiary/aromatic N) is 2. The molecule has 9 nitrogen and oxygen atoms in total. The number of nitrogens with one attached hydrogen (secondary N) is 2. The summed E-state index contributed by atoms with van der Waals surface area (Å²) in [5.41, 5.74) is 0.515. The predicted molar refractivity (Wildman–Crippen MR) is 118 cm³/mol. The van der Waals surface area contributed by atoms with Crippen molar-refractivity contribution in [3.05, 3.63) is 23.8 Å². The molecular formula is C21H30N4O5S. The number of hydrogen-bond acceptors (Lipinski definition) is 5. The highest BCUT2D eigenvalue weighted by atomic mass is 32.2. The largest absolute Gasteiger partial charge is 0.327 e. The van der Waals surface area contributed by atoms with Crippen LogP contribution in [0, 0.1) is 6.92 Å². The van der Waals surface area contributed by atoms with E-state index in [4.69, 9.17) is 0 Å². The Balaban J connectivity index is 1.72. The Bertz CT molecular complexity index is 985. The molecular weight excluding hydrogens is 420 g/mol. The maximum absolute atomic E-state index is 13.0. The van der Waals surface area contributed by atoms with Crippen LogP contribution in [0.15, 0.2) is 18.2 Å². The van der Waals surface area contributed by atoms with Crippen LogP contribution in [-0.4, -0.2) is 60.9 Å². The van der Waals surface area contributed by atoms with Gasteiger partial charge >= 0.3 is 6.03 Å². The number of carbonyl (C=O) groups is 3. The molecule has 1 aliphatic carbocycles. The first-order valence-corrected chi connectivity index (χ1v) is 12.3. The lowest BCUT2D eigenvalue weighted by Gasteiger charge is -2.35. The summed E-state index contributed by atoms with van der Waals surface area (Å²) in [4.78, 5) is 40.9. The van der Waals surface area contributed by atoms with E-state index in [0.717, 1.165) is 24.2 Å². The van der Waals surface area contributed by atoms with Crippen molar-refractivity contribution < 1.29 is 22.8 Å².